The summed E-state index contributed by atoms with van der Waals surface area (Å²) in [7, 11) is 0. The average Bonchev–Trinajstić information content (AvgIpc) is 2.39. The van der Waals surface area contributed by atoms with Gasteiger partial charge in [-0.25, -0.2) is 0 Å². The Labute approximate surface area is 118 Å². The lowest BCUT2D eigenvalue weighted by Gasteiger charge is -2.43. The summed E-state index contributed by atoms with van der Waals surface area (Å²) in [6.45, 7) is 9.13. The number of aryl methyl sites for hydroxylation is 1. The highest BCUT2D eigenvalue weighted by Crippen LogP contribution is 2.47. The third kappa shape index (κ3) is 2.86. The van der Waals surface area contributed by atoms with E-state index >= 15 is 0 Å². The van der Waals surface area contributed by atoms with Gasteiger partial charge in [0.15, 0.2) is 0 Å². The molecule has 1 aromatic rings. The van der Waals surface area contributed by atoms with Crippen LogP contribution in [0.1, 0.15) is 64.0 Å². The van der Waals surface area contributed by atoms with Crippen LogP contribution in [-0.4, -0.2) is 5.11 Å². The molecule has 1 aliphatic rings. The molecule has 0 aliphatic heterocycles. The molecule has 1 N–H and O–H groups in total. The Kier molecular flexibility index (Phi) is 4.06. The van der Waals surface area contributed by atoms with Crippen LogP contribution in [0.15, 0.2) is 24.3 Å². The summed E-state index contributed by atoms with van der Waals surface area (Å²) in [5.41, 5.74) is 2.18. The average molecular weight is 260 g/mol. The van der Waals surface area contributed by atoms with E-state index in [-0.39, 0.29) is 0 Å². The first-order chi connectivity index (χ1) is 8.89. The maximum Gasteiger partial charge on any atom is 0.0899 e. The topological polar surface area (TPSA) is 20.2 Å². The Bertz CT molecular complexity index is 425. The zero-order valence-electron chi connectivity index (χ0n) is 12.9. The Morgan fingerprint density at radius 2 is 1.79 bits per heavy atom. The molecule has 2 rings (SSSR count). The van der Waals surface area contributed by atoms with E-state index in [1.54, 1.807) is 0 Å². The maximum atomic E-state index is 11.0. The molecule has 0 saturated heterocycles. The molecule has 0 amide bonds. The van der Waals surface area contributed by atoms with Crippen molar-refractivity contribution in [2.45, 2.75) is 65.4 Å². The van der Waals surface area contributed by atoms with E-state index in [9.17, 15) is 5.11 Å². The number of hydrogen-bond acceptors (Lipinski definition) is 1. The molecule has 0 spiro atoms. The molecule has 0 bridgehead atoms. The van der Waals surface area contributed by atoms with Crippen LogP contribution in [0.25, 0.3) is 0 Å². The molecule has 1 saturated carbocycles. The summed E-state index contributed by atoms with van der Waals surface area (Å²) in [4.78, 5) is 0. The van der Waals surface area contributed by atoms with Gasteiger partial charge in [-0.1, -0.05) is 51.5 Å². The molecule has 1 nitrogen and oxygen atoms in total. The van der Waals surface area contributed by atoms with Gasteiger partial charge < -0.3 is 5.11 Å². The van der Waals surface area contributed by atoms with E-state index < -0.39 is 5.60 Å². The van der Waals surface area contributed by atoms with Gasteiger partial charge in [-0.15, -0.1) is 0 Å². The standard InChI is InChI=1S/C18H28O/c1-5-17(3,4)15-10-12-18(19,13-11-15)16-9-7-6-8-14(16)2/h6-9,15,19H,5,10-13H2,1-4H3. The number of rotatable bonds is 3. The van der Waals surface area contributed by atoms with Crippen LogP contribution in [-0.2, 0) is 5.60 Å². The highest BCUT2D eigenvalue weighted by molar-refractivity contribution is 5.31. The van der Waals surface area contributed by atoms with E-state index in [0.29, 0.717) is 5.41 Å². The first-order valence-electron chi connectivity index (χ1n) is 7.67. The molecule has 1 aromatic carbocycles. The molecule has 0 unspecified atom stereocenters. The van der Waals surface area contributed by atoms with Crippen LogP contribution in [0, 0.1) is 18.3 Å². The fourth-order valence-electron chi connectivity index (χ4n) is 3.53. The first kappa shape index (κ1) is 14.6. The molecule has 0 heterocycles. The van der Waals surface area contributed by atoms with Gasteiger partial charge in [0.05, 0.1) is 5.60 Å². The van der Waals surface area contributed by atoms with Crippen LogP contribution < -0.4 is 0 Å². The van der Waals surface area contributed by atoms with Crippen molar-refractivity contribution in [3.8, 4) is 0 Å². The van der Waals surface area contributed by atoms with Gasteiger partial charge in [-0.2, -0.15) is 0 Å². The van der Waals surface area contributed by atoms with E-state index in [2.05, 4.69) is 39.8 Å². The van der Waals surface area contributed by atoms with Gasteiger partial charge in [0.2, 0.25) is 0 Å². The van der Waals surface area contributed by atoms with Crippen LogP contribution in [0.4, 0.5) is 0 Å². The highest BCUT2D eigenvalue weighted by atomic mass is 16.3. The van der Waals surface area contributed by atoms with Gasteiger partial charge in [-0.05, 0) is 55.1 Å². The Morgan fingerprint density at radius 1 is 1.21 bits per heavy atom. The van der Waals surface area contributed by atoms with Crippen molar-refractivity contribution in [2.24, 2.45) is 11.3 Å². The summed E-state index contributed by atoms with van der Waals surface area (Å²) >= 11 is 0. The Morgan fingerprint density at radius 3 is 2.32 bits per heavy atom. The largest absolute Gasteiger partial charge is 0.385 e. The predicted molar refractivity (Wildman–Crippen MR) is 81.1 cm³/mol. The minimum absolute atomic E-state index is 0.410. The fraction of sp³-hybridized carbons (Fsp3) is 0.667. The second-order valence-electron chi connectivity index (χ2n) is 6.96. The van der Waals surface area contributed by atoms with Crippen molar-refractivity contribution in [1.29, 1.82) is 0 Å². The van der Waals surface area contributed by atoms with Crippen molar-refractivity contribution < 1.29 is 5.11 Å². The monoisotopic (exact) mass is 260 g/mol. The minimum Gasteiger partial charge on any atom is -0.385 e. The summed E-state index contributed by atoms with van der Waals surface area (Å²) in [6.07, 6.45) is 5.33. The second kappa shape index (κ2) is 5.28. The lowest BCUT2D eigenvalue weighted by molar-refractivity contribution is -0.0332. The zero-order chi connectivity index (χ0) is 14.1. The van der Waals surface area contributed by atoms with Crippen molar-refractivity contribution in [3.63, 3.8) is 0 Å². The molecule has 106 valence electrons. The van der Waals surface area contributed by atoms with Gasteiger partial charge in [0.25, 0.3) is 0 Å². The van der Waals surface area contributed by atoms with Gasteiger partial charge in [0, 0.05) is 0 Å². The van der Waals surface area contributed by atoms with E-state index in [4.69, 9.17) is 0 Å². The Hall–Kier alpha value is -0.820. The lowest BCUT2D eigenvalue weighted by atomic mass is 9.65. The molecule has 1 fully saturated rings. The van der Waals surface area contributed by atoms with Crippen LogP contribution >= 0.6 is 0 Å². The number of benzene rings is 1. The summed E-state index contributed by atoms with van der Waals surface area (Å²) < 4.78 is 0. The van der Waals surface area contributed by atoms with E-state index in [1.165, 1.54) is 12.0 Å². The van der Waals surface area contributed by atoms with E-state index in [0.717, 1.165) is 37.2 Å². The normalized spacial score (nSPS) is 28.4. The summed E-state index contributed by atoms with van der Waals surface area (Å²) in [6, 6.07) is 8.30. The van der Waals surface area contributed by atoms with Crippen molar-refractivity contribution in [2.75, 3.05) is 0 Å². The summed E-state index contributed by atoms with van der Waals surface area (Å²) in [5, 5.41) is 11.0. The smallest absolute Gasteiger partial charge is 0.0899 e. The van der Waals surface area contributed by atoms with Gasteiger partial charge in [-0.3, -0.25) is 0 Å². The highest BCUT2D eigenvalue weighted by Gasteiger charge is 2.39. The molecule has 0 aromatic heterocycles. The van der Waals surface area contributed by atoms with Gasteiger partial charge >= 0.3 is 0 Å². The van der Waals surface area contributed by atoms with E-state index in [1.807, 2.05) is 12.1 Å². The molecule has 0 atom stereocenters. The van der Waals surface area contributed by atoms with Crippen LogP contribution in [0.2, 0.25) is 0 Å². The lowest BCUT2D eigenvalue weighted by Crippen LogP contribution is -2.36. The van der Waals surface area contributed by atoms with Crippen molar-refractivity contribution in [1.82, 2.24) is 0 Å². The molecular formula is C18H28O. The first-order valence-corrected chi connectivity index (χ1v) is 7.67. The third-order valence-electron chi connectivity index (χ3n) is 5.48. The van der Waals surface area contributed by atoms with Crippen molar-refractivity contribution >= 4 is 0 Å². The van der Waals surface area contributed by atoms with Crippen LogP contribution in [0.5, 0.6) is 0 Å². The SMILES string of the molecule is CCC(C)(C)C1CCC(O)(c2ccccc2C)CC1. The molecule has 19 heavy (non-hydrogen) atoms. The van der Waals surface area contributed by atoms with Crippen LogP contribution in [0.3, 0.4) is 0 Å². The molecule has 1 heteroatoms. The fourth-order valence-corrected chi connectivity index (χ4v) is 3.53. The number of aliphatic hydroxyl groups is 1. The zero-order valence-corrected chi connectivity index (χ0v) is 12.9. The Balaban J connectivity index is 2.13. The summed E-state index contributed by atoms with van der Waals surface area (Å²) in [5.74, 6) is 0.752. The third-order valence-corrected chi connectivity index (χ3v) is 5.48. The molecular weight excluding hydrogens is 232 g/mol. The number of hydrogen-bond donors (Lipinski definition) is 1. The van der Waals surface area contributed by atoms with Gasteiger partial charge in [0.1, 0.15) is 0 Å². The quantitative estimate of drug-likeness (QED) is 0.827. The maximum absolute atomic E-state index is 11.0. The van der Waals surface area contributed by atoms with Crippen molar-refractivity contribution in [3.05, 3.63) is 35.4 Å². The minimum atomic E-state index is -0.592. The second-order valence-corrected chi connectivity index (χ2v) is 6.96. The molecule has 0 radical (unpaired) electrons. The predicted octanol–water partition coefficient (Wildman–Crippen LogP) is 4.81. The molecule has 1 aliphatic carbocycles.